The Morgan fingerprint density at radius 2 is 1.10 bits per heavy atom. The molecule has 1 nitrogen and oxygen atoms in total. The first-order valence-electron chi connectivity index (χ1n) is 9.27. The van der Waals surface area contributed by atoms with E-state index in [1.165, 1.54) is 12.1 Å². The smallest absolute Gasteiger partial charge is 0.257 e. The quantitative estimate of drug-likeness (QED) is 0.287. The molecule has 0 aliphatic rings. The standard InChI is InChI=1S/C23H14BF6N/c24-20-9-16-6-5-15(10-21(16)31-12-20)13-1-3-14(4-2-13)17-7-18(22(25,26)27)11-19(8-17)23(28,29)30/h1-12H,24H2. The van der Waals surface area contributed by atoms with Gasteiger partial charge in [0.15, 0.2) is 0 Å². The molecule has 31 heavy (non-hydrogen) atoms. The van der Waals surface area contributed by atoms with E-state index < -0.39 is 23.5 Å². The van der Waals surface area contributed by atoms with Crippen molar-refractivity contribution in [2.24, 2.45) is 0 Å². The van der Waals surface area contributed by atoms with Crippen LogP contribution in [-0.2, 0) is 12.4 Å². The molecule has 0 amide bonds. The van der Waals surface area contributed by atoms with Crippen LogP contribution in [0.3, 0.4) is 0 Å². The van der Waals surface area contributed by atoms with E-state index in [2.05, 4.69) is 4.98 Å². The van der Waals surface area contributed by atoms with Crippen LogP contribution >= 0.6 is 0 Å². The molecule has 0 saturated carbocycles. The second-order valence-corrected chi connectivity index (χ2v) is 7.29. The van der Waals surface area contributed by atoms with Crippen LogP contribution < -0.4 is 5.46 Å². The lowest BCUT2D eigenvalue weighted by Gasteiger charge is -2.14. The lowest BCUT2D eigenvalue weighted by Crippen LogP contribution is -2.11. The monoisotopic (exact) mass is 429 g/mol. The number of hydrogen-bond acceptors (Lipinski definition) is 1. The van der Waals surface area contributed by atoms with Gasteiger partial charge in [0, 0.05) is 6.20 Å². The average Bonchev–Trinajstić information content (AvgIpc) is 2.72. The molecule has 0 spiro atoms. The maximum Gasteiger partial charge on any atom is 0.416 e. The predicted octanol–water partition coefficient (Wildman–Crippen LogP) is 5.86. The molecule has 4 aromatic rings. The van der Waals surface area contributed by atoms with E-state index >= 15 is 0 Å². The first-order valence-corrected chi connectivity index (χ1v) is 9.27. The minimum atomic E-state index is -4.88. The average molecular weight is 429 g/mol. The van der Waals surface area contributed by atoms with Gasteiger partial charge in [-0.25, -0.2) is 0 Å². The van der Waals surface area contributed by atoms with Crippen LogP contribution in [0.4, 0.5) is 26.3 Å². The highest BCUT2D eigenvalue weighted by Crippen LogP contribution is 2.39. The van der Waals surface area contributed by atoms with E-state index in [-0.39, 0.29) is 17.2 Å². The van der Waals surface area contributed by atoms with Crippen molar-refractivity contribution >= 4 is 24.2 Å². The second kappa shape index (κ2) is 7.44. The SMILES string of the molecule is Bc1cnc2cc(-c3ccc(-c4cc(C(F)(F)F)cc(C(F)(F)F)c4)cc3)ccc2c1. The van der Waals surface area contributed by atoms with Crippen molar-refractivity contribution < 1.29 is 26.3 Å². The van der Waals surface area contributed by atoms with E-state index in [1.54, 1.807) is 18.3 Å². The summed E-state index contributed by atoms with van der Waals surface area (Å²) in [6, 6.07) is 15.6. The molecule has 0 radical (unpaired) electrons. The zero-order chi connectivity index (χ0) is 22.4. The van der Waals surface area contributed by atoms with Gasteiger partial charge in [-0.15, -0.1) is 0 Å². The molecule has 0 unspecified atom stereocenters. The molecule has 0 bridgehead atoms. The number of rotatable bonds is 2. The number of alkyl halides is 6. The number of fused-ring (bicyclic) bond motifs is 1. The molecule has 4 rings (SSSR count). The zero-order valence-corrected chi connectivity index (χ0v) is 16.1. The summed E-state index contributed by atoms with van der Waals surface area (Å²) in [4.78, 5) is 4.38. The summed E-state index contributed by atoms with van der Waals surface area (Å²) in [6.07, 6.45) is -8.01. The highest BCUT2D eigenvalue weighted by atomic mass is 19.4. The van der Waals surface area contributed by atoms with Gasteiger partial charge in [-0.2, -0.15) is 26.3 Å². The van der Waals surface area contributed by atoms with Gasteiger partial charge >= 0.3 is 12.4 Å². The fourth-order valence-corrected chi connectivity index (χ4v) is 3.39. The first kappa shape index (κ1) is 21.0. The Morgan fingerprint density at radius 1 is 0.581 bits per heavy atom. The fraction of sp³-hybridized carbons (Fsp3) is 0.0870. The number of benzene rings is 3. The number of hydrogen-bond donors (Lipinski definition) is 0. The molecule has 3 aromatic carbocycles. The van der Waals surface area contributed by atoms with Crippen LogP contribution in [0.25, 0.3) is 33.2 Å². The molecular weight excluding hydrogens is 415 g/mol. The fourth-order valence-electron chi connectivity index (χ4n) is 3.39. The molecular formula is C23H14BF6N. The molecule has 156 valence electrons. The minimum absolute atomic E-state index is 0.127. The summed E-state index contributed by atoms with van der Waals surface area (Å²) in [5.41, 5.74) is 0.879. The van der Waals surface area contributed by atoms with Crippen molar-refractivity contribution in [3.05, 3.63) is 84.1 Å². The van der Waals surface area contributed by atoms with Crippen LogP contribution in [0.5, 0.6) is 0 Å². The normalized spacial score (nSPS) is 12.3. The summed E-state index contributed by atoms with van der Waals surface area (Å²) in [6.45, 7) is 0. The van der Waals surface area contributed by atoms with Gasteiger partial charge in [-0.05, 0) is 51.9 Å². The summed E-state index contributed by atoms with van der Waals surface area (Å²) in [5, 5.41) is 0.976. The van der Waals surface area contributed by atoms with Crippen LogP contribution in [0.15, 0.2) is 72.9 Å². The van der Waals surface area contributed by atoms with Crippen molar-refractivity contribution in [2.75, 3.05) is 0 Å². The lowest BCUT2D eigenvalue weighted by atomic mass is 9.95. The lowest BCUT2D eigenvalue weighted by molar-refractivity contribution is -0.143. The molecule has 0 aliphatic carbocycles. The molecule has 0 aliphatic heterocycles. The third kappa shape index (κ3) is 4.43. The Morgan fingerprint density at radius 3 is 1.65 bits per heavy atom. The Kier molecular flexibility index (Phi) is 5.03. The van der Waals surface area contributed by atoms with E-state index in [1.807, 2.05) is 32.1 Å². The Hall–Kier alpha value is -3.29. The topological polar surface area (TPSA) is 12.9 Å². The van der Waals surface area contributed by atoms with Gasteiger partial charge in [0.25, 0.3) is 0 Å². The van der Waals surface area contributed by atoms with E-state index in [4.69, 9.17) is 0 Å². The summed E-state index contributed by atoms with van der Waals surface area (Å²) in [7, 11) is 1.94. The summed E-state index contributed by atoms with van der Waals surface area (Å²) >= 11 is 0. The van der Waals surface area contributed by atoms with E-state index in [9.17, 15) is 26.3 Å². The molecule has 0 fully saturated rings. The number of halogens is 6. The van der Waals surface area contributed by atoms with Crippen molar-refractivity contribution in [2.45, 2.75) is 12.4 Å². The van der Waals surface area contributed by atoms with Gasteiger partial charge in [0.2, 0.25) is 0 Å². The largest absolute Gasteiger partial charge is 0.416 e. The zero-order valence-electron chi connectivity index (χ0n) is 16.1. The van der Waals surface area contributed by atoms with Crippen molar-refractivity contribution in [3.63, 3.8) is 0 Å². The Balaban J connectivity index is 1.73. The maximum atomic E-state index is 13.1. The van der Waals surface area contributed by atoms with Crippen LogP contribution in [0.1, 0.15) is 11.1 Å². The van der Waals surface area contributed by atoms with Gasteiger partial charge in [0.05, 0.1) is 16.6 Å². The number of nitrogens with zero attached hydrogens (tertiary/aromatic N) is 1. The van der Waals surface area contributed by atoms with E-state index in [0.29, 0.717) is 0 Å². The highest BCUT2D eigenvalue weighted by molar-refractivity contribution is 6.32. The molecule has 0 N–H and O–H groups in total. The molecule has 8 heteroatoms. The number of aromatic nitrogens is 1. The summed E-state index contributed by atoms with van der Waals surface area (Å²) in [5.74, 6) is 0. The molecule has 1 aromatic heterocycles. The minimum Gasteiger partial charge on any atom is -0.257 e. The molecule has 0 saturated heterocycles. The van der Waals surface area contributed by atoms with Crippen LogP contribution in [0, 0.1) is 0 Å². The first-order chi connectivity index (χ1) is 14.5. The number of pyridine rings is 1. The van der Waals surface area contributed by atoms with Crippen molar-refractivity contribution in [1.82, 2.24) is 4.98 Å². The van der Waals surface area contributed by atoms with Crippen LogP contribution in [-0.4, -0.2) is 12.8 Å². The van der Waals surface area contributed by atoms with Crippen LogP contribution in [0.2, 0.25) is 0 Å². The van der Waals surface area contributed by atoms with Crippen molar-refractivity contribution in [1.29, 1.82) is 0 Å². The Bertz CT molecular complexity index is 1230. The Labute approximate surface area is 174 Å². The summed E-state index contributed by atoms with van der Waals surface area (Å²) < 4.78 is 78.7. The third-order valence-corrected chi connectivity index (χ3v) is 4.96. The highest BCUT2D eigenvalue weighted by Gasteiger charge is 2.37. The van der Waals surface area contributed by atoms with Gasteiger partial charge in [0.1, 0.15) is 7.85 Å². The van der Waals surface area contributed by atoms with Gasteiger partial charge in [-0.3, -0.25) is 4.98 Å². The molecule has 1 heterocycles. The van der Waals surface area contributed by atoms with Gasteiger partial charge < -0.3 is 0 Å². The van der Waals surface area contributed by atoms with Gasteiger partial charge in [-0.1, -0.05) is 47.9 Å². The predicted molar refractivity (Wildman–Crippen MR) is 111 cm³/mol. The third-order valence-electron chi connectivity index (χ3n) is 4.96. The molecule has 0 atom stereocenters. The van der Waals surface area contributed by atoms with E-state index in [0.717, 1.165) is 39.6 Å². The van der Waals surface area contributed by atoms with Crippen molar-refractivity contribution in [3.8, 4) is 22.3 Å². The maximum absolute atomic E-state index is 13.1. The second-order valence-electron chi connectivity index (χ2n) is 7.29.